The highest BCUT2D eigenvalue weighted by atomic mass is 32.2. The summed E-state index contributed by atoms with van der Waals surface area (Å²) in [7, 11) is 1.46. The lowest BCUT2D eigenvalue weighted by Crippen LogP contribution is -2.37. The van der Waals surface area contributed by atoms with Gasteiger partial charge in [0, 0.05) is 38.6 Å². The molecule has 0 bridgehead atoms. The van der Waals surface area contributed by atoms with E-state index in [2.05, 4.69) is 10.3 Å². The Morgan fingerprint density at radius 2 is 2.22 bits per heavy atom. The molecular weight excluding hydrogens is 254 g/mol. The number of hydrogen-bond donors (Lipinski definition) is 2. The first-order chi connectivity index (χ1) is 8.43. The molecule has 0 saturated carbocycles. The van der Waals surface area contributed by atoms with E-state index in [4.69, 9.17) is 4.74 Å². The van der Waals surface area contributed by atoms with Crippen molar-refractivity contribution < 1.29 is 13.2 Å². The molecule has 1 rings (SSSR count). The highest BCUT2D eigenvalue weighted by Crippen LogP contribution is 2.17. The Morgan fingerprint density at radius 1 is 1.56 bits per heavy atom. The minimum Gasteiger partial charge on any atom is -0.383 e. The first kappa shape index (κ1) is 15.2. The monoisotopic (exact) mass is 275 g/mol. The van der Waals surface area contributed by atoms with Crippen LogP contribution in [0.2, 0.25) is 0 Å². The Kier molecular flexibility index (Phi) is 5.33. The molecule has 0 aromatic carbocycles. The maximum absolute atomic E-state index is 12.3. The maximum atomic E-state index is 12.3. The van der Waals surface area contributed by atoms with Crippen molar-refractivity contribution in [2.24, 2.45) is 0 Å². The summed E-state index contributed by atoms with van der Waals surface area (Å²) >= 11 is 0. The highest BCUT2D eigenvalue weighted by molar-refractivity contribution is 7.89. The smallest absolute Gasteiger partial charge is 0.244 e. The number of likely N-dealkylation sites (N-methyl/N-ethyl adjacent to an activating group) is 1. The molecule has 1 aromatic heterocycles. The van der Waals surface area contributed by atoms with E-state index in [0.29, 0.717) is 13.2 Å². The molecule has 6 nitrogen and oxygen atoms in total. The van der Waals surface area contributed by atoms with Gasteiger partial charge < -0.3 is 15.0 Å². The number of methoxy groups -OCH3 is 1. The summed E-state index contributed by atoms with van der Waals surface area (Å²) in [4.78, 5) is 3.22. The van der Waals surface area contributed by atoms with Gasteiger partial charge in [-0.2, -0.15) is 4.31 Å². The Morgan fingerprint density at radius 3 is 2.78 bits per heavy atom. The molecule has 0 fully saturated rings. The number of ether oxygens (including phenoxy) is 1. The molecule has 0 aliphatic rings. The maximum Gasteiger partial charge on any atom is 0.244 e. The van der Waals surface area contributed by atoms with Crippen molar-refractivity contribution in [2.75, 3.05) is 27.8 Å². The van der Waals surface area contributed by atoms with Gasteiger partial charge >= 0.3 is 0 Å². The van der Waals surface area contributed by atoms with E-state index in [9.17, 15) is 8.42 Å². The Labute approximate surface area is 108 Å². The summed E-state index contributed by atoms with van der Waals surface area (Å²) in [5, 5.41) is 2.96. The van der Waals surface area contributed by atoms with Crippen molar-refractivity contribution in [1.82, 2.24) is 14.6 Å². The predicted molar refractivity (Wildman–Crippen MR) is 69.8 cm³/mol. The molecule has 0 aliphatic heterocycles. The number of aromatic nitrogens is 1. The molecule has 104 valence electrons. The van der Waals surface area contributed by atoms with Gasteiger partial charge in [0.2, 0.25) is 10.0 Å². The van der Waals surface area contributed by atoms with Crippen LogP contribution >= 0.6 is 0 Å². The SMILES string of the molecule is CNCc1cc(S(=O)(=O)N(C)C(C)COC)c[nH]1. The quantitative estimate of drug-likeness (QED) is 0.755. The Balaban J connectivity index is 2.90. The van der Waals surface area contributed by atoms with Gasteiger partial charge in [0.1, 0.15) is 0 Å². The normalized spacial score (nSPS) is 14.1. The van der Waals surface area contributed by atoms with Crippen LogP contribution in [0.4, 0.5) is 0 Å². The number of rotatable bonds is 7. The van der Waals surface area contributed by atoms with Crippen molar-refractivity contribution >= 4 is 10.0 Å². The van der Waals surface area contributed by atoms with Crippen LogP contribution in [0.15, 0.2) is 17.2 Å². The number of sulfonamides is 1. The second kappa shape index (κ2) is 6.33. The molecule has 0 spiro atoms. The van der Waals surface area contributed by atoms with E-state index in [1.54, 1.807) is 20.2 Å². The second-order valence-electron chi connectivity index (χ2n) is 4.22. The summed E-state index contributed by atoms with van der Waals surface area (Å²) in [6.45, 7) is 2.78. The molecule has 1 unspecified atom stereocenters. The number of nitrogens with zero attached hydrogens (tertiary/aromatic N) is 1. The first-order valence-electron chi connectivity index (χ1n) is 5.72. The summed E-state index contributed by atoms with van der Waals surface area (Å²) in [6.07, 6.45) is 1.51. The van der Waals surface area contributed by atoms with Crippen LogP contribution in [0, 0.1) is 0 Å². The Bertz CT molecular complexity index is 470. The van der Waals surface area contributed by atoms with Crippen molar-refractivity contribution in [1.29, 1.82) is 0 Å². The highest BCUT2D eigenvalue weighted by Gasteiger charge is 2.26. The molecule has 18 heavy (non-hydrogen) atoms. The summed E-state index contributed by atoms with van der Waals surface area (Å²) in [5.74, 6) is 0. The Hall–Kier alpha value is -0.890. The fraction of sp³-hybridized carbons (Fsp3) is 0.636. The van der Waals surface area contributed by atoms with Crippen LogP contribution in [0.5, 0.6) is 0 Å². The van der Waals surface area contributed by atoms with Crippen LogP contribution in [0.1, 0.15) is 12.6 Å². The third-order valence-electron chi connectivity index (χ3n) is 2.79. The van der Waals surface area contributed by atoms with Crippen LogP contribution < -0.4 is 5.32 Å². The zero-order valence-electron chi connectivity index (χ0n) is 11.2. The van der Waals surface area contributed by atoms with Gasteiger partial charge in [-0.3, -0.25) is 0 Å². The molecule has 1 heterocycles. The van der Waals surface area contributed by atoms with Crippen LogP contribution in [-0.4, -0.2) is 51.6 Å². The van der Waals surface area contributed by atoms with Crippen LogP contribution in [-0.2, 0) is 21.3 Å². The third-order valence-corrected chi connectivity index (χ3v) is 4.74. The minimum absolute atomic E-state index is 0.206. The van der Waals surface area contributed by atoms with E-state index in [1.165, 1.54) is 10.5 Å². The van der Waals surface area contributed by atoms with E-state index < -0.39 is 10.0 Å². The number of hydrogen-bond acceptors (Lipinski definition) is 4. The van der Waals surface area contributed by atoms with Crippen molar-refractivity contribution in [3.8, 4) is 0 Å². The molecule has 1 atom stereocenters. The number of H-pyrrole nitrogens is 1. The molecule has 2 N–H and O–H groups in total. The van der Waals surface area contributed by atoms with Gasteiger partial charge in [0.25, 0.3) is 0 Å². The van der Waals surface area contributed by atoms with Gasteiger partial charge in [0.15, 0.2) is 0 Å². The summed E-state index contributed by atoms with van der Waals surface area (Å²) < 4.78 is 30.9. The van der Waals surface area contributed by atoms with E-state index in [-0.39, 0.29) is 10.9 Å². The topological polar surface area (TPSA) is 74.4 Å². The lowest BCUT2D eigenvalue weighted by atomic mass is 10.4. The number of aromatic amines is 1. The predicted octanol–water partition coefficient (Wildman–Crippen LogP) is 0.390. The van der Waals surface area contributed by atoms with Crippen molar-refractivity contribution in [3.63, 3.8) is 0 Å². The standard InChI is InChI=1S/C11H21N3O3S/c1-9(8-17-4)14(3)18(15,16)11-5-10(6-12-2)13-7-11/h5,7,9,12-13H,6,8H2,1-4H3. The first-order valence-corrected chi connectivity index (χ1v) is 7.16. The van der Waals surface area contributed by atoms with Gasteiger partial charge in [-0.25, -0.2) is 8.42 Å². The van der Waals surface area contributed by atoms with E-state index in [0.717, 1.165) is 5.69 Å². The molecule has 0 amide bonds. The lowest BCUT2D eigenvalue weighted by Gasteiger charge is -2.22. The number of nitrogens with one attached hydrogen (secondary N) is 2. The van der Waals surface area contributed by atoms with Gasteiger partial charge in [-0.05, 0) is 20.0 Å². The third kappa shape index (κ3) is 3.32. The average molecular weight is 275 g/mol. The molecule has 0 saturated heterocycles. The van der Waals surface area contributed by atoms with Crippen LogP contribution in [0.3, 0.4) is 0 Å². The van der Waals surface area contributed by atoms with Crippen molar-refractivity contribution in [3.05, 3.63) is 18.0 Å². The molecular formula is C11H21N3O3S. The zero-order valence-corrected chi connectivity index (χ0v) is 12.0. The van der Waals surface area contributed by atoms with Gasteiger partial charge in [-0.15, -0.1) is 0 Å². The van der Waals surface area contributed by atoms with Gasteiger partial charge in [0.05, 0.1) is 11.5 Å². The van der Waals surface area contributed by atoms with Crippen molar-refractivity contribution in [2.45, 2.75) is 24.4 Å². The fourth-order valence-electron chi connectivity index (χ4n) is 1.61. The lowest BCUT2D eigenvalue weighted by molar-refractivity contribution is 0.149. The fourth-order valence-corrected chi connectivity index (χ4v) is 2.98. The second-order valence-corrected chi connectivity index (χ2v) is 6.21. The molecule has 7 heteroatoms. The minimum atomic E-state index is -3.46. The zero-order chi connectivity index (χ0) is 13.8. The summed E-state index contributed by atoms with van der Waals surface area (Å²) in [6, 6.07) is 1.43. The van der Waals surface area contributed by atoms with Gasteiger partial charge in [-0.1, -0.05) is 0 Å². The van der Waals surface area contributed by atoms with E-state index in [1.807, 2.05) is 14.0 Å². The average Bonchev–Trinajstić information content (AvgIpc) is 2.78. The molecule has 0 radical (unpaired) electrons. The van der Waals surface area contributed by atoms with E-state index >= 15 is 0 Å². The molecule has 1 aromatic rings. The molecule has 0 aliphatic carbocycles. The summed E-state index contributed by atoms with van der Waals surface area (Å²) in [5.41, 5.74) is 0.837. The largest absolute Gasteiger partial charge is 0.383 e. The van der Waals surface area contributed by atoms with Crippen LogP contribution in [0.25, 0.3) is 0 Å².